The number of thiazole rings is 1. The van der Waals surface area contributed by atoms with Crippen LogP contribution in [-0.4, -0.2) is 49.6 Å². The summed E-state index contributed by atoms with van der Waals surface area (Å²) >= 11 is 3.01. The Kier molecular flexibility index (Phi) is 8.16. The van der Waals surface area contributed by atoms with Gasteiger partial charge >= 0.3 is 0 Å². The van der Waals surface area contributed by atoms with Crippen molar-refractivity contribution in [2.75, 3.05) is 31.3 Å². The molecule has 1 N–H and O–H groups in total. The van der Waals surface area contributed by atoms with E-state index in [4.69, 9.17) is 4.74 Å². The van der Waals surface area contributed by atoms with E-state index >= 15 is 0 Å². The van der Waals surface area contributed by atoms with Crippen LogP contribution in [0.1, 0.15) is 24.6 Å². The molecule has 35 heavy (non-hydrogen) atoms. The Labute approximate surface area is 215 Å². The van der Waals surface area contributed by atoms with Gasteiger partial charge in [-0.2, -0.15) is 4.31 Å². The van der Waals surface area contributed by atoms with Gasteiger partial charge in [-0.1, -0.05) is 0 Å². The smallest absolute Gasteiger partial charge is 0.243 e. The third kappa shape index (κ3) is 5.88. The lowest BCUT2D eigenvalue weighted by Crippen LogP contribution is -2.41. The Morgan fingerprint density at radius 1 is 1.14 bits per heavy atom. The largest absolute Gasteiger partial charge is 0.494 e. The zero-order valence-electron chi connectivity index (χ0n) is 20.0. The maximum absolute atomic E-state index is 13.0. The Balaban J connectivity index is 1.36. The van der Waals surface area contributed by atoms with Gasteiger partial charge in [0.2, 0.25) is 15.9 Å². The van der Waals surface area contributed by atoms with Crippen molar-refractivity contribution in [1.82, 2.24) is 9.29 Å². The molecule has 1 amide bonds. The summed E-state index contributed by atoms with van der Waals surface area (Å²) in [5.41, 5.74) is 1.80. The number of anilines is 1. The average molecular weight is 532 g/mol. The molecule has 1 aromatic heterocycles. The first-order valence-electron chi connectivity index (χ1n) is 11.5. The van der Waals surface area contributed by atoms with Crippen LogP contribution in [-0.2, 0) is 14.8 Å². The number of aromatic nitrogens is 1. The van der Waals surface area contributed by atoms with Crippen molar-refractivity contribution in [1.29, 1.82) is 0 Å². The zero-order valence-corrected chi connectivity index (χ0v) is 22.4. The van der Waals surface area contributed by atoms with Gasteiger partial charge < -0.3 is 10.1 Å². The van der Waals surface area contributed by atoms with Gasteiger partial charge in [-0.05, 0) is 81.5 Å². The number of piperidine rings is 1. The number of ether oxygens (including phenoxy) is 1. The minimum absolute atomic E-state index is 0.113. The van der Waals surface area contributed by atoms with E-state index in [0.717, 1.165) is 26.8 Å². The van der Waals surface area contributed by atoms with Crippen LogP contribution >= 0.6 is 23.1 Å². The van der Waals surface area contributed by atoms with Crippen LogP contribution < -0.4 is 10.1 Å². The SMILES string of the molecule is CCOc1ccc(-c2nc(NC(=O)C3CCN(S(=O)(=O)c4ccc(SC)cc4)CC3)sc2C)cc1. The second-order valence-electron chi connectivity index (χ2n) is 8.22. The molecule has 0 aliphatic carbocycles. The van der Waals surface area contributed by atoms with Crippen molar-refractivity contribution < 1.29 is 17.9 Å². The molecule has 0 saturated carbocycles. The molecular weight excluding hydrogens is 502 g/mol. The van der Waals surface area contributed by atoms with Crippen molar-refractivity contribution in [3.8, 4) is 17.0 Å². The number of thioether (sulfide) groups is 1. The highest BCUT2D eigenvalue weighted by molar-refractivity contribution is 7.98. The highest BCUT2D eigenvalue weighted by Gasteiger charge is 2.32. The van der Waals surface area contributed by atoms with Gasteiger partial charge in [-0.15, -0.1) is 23.1 Å². The minimum Gasteiger partial charge on any atom is -0.494 e. The van der Waals surface area contributed by atoms with E-state index in [1.807, 2.05) is 56.5 Å². The summed E-state index contributed by atoms with van der Waals surface area (Å²) in [6, 6.07) is 14.7. The molecule has 1 aliphatic heterocycles. The number of aryl methyl sites for hydroxylation is 1. The Hall–Kier alpha value is -2.40. The lowest BCUT2D eigenvalue weighted by molar-refractivity contribution is -0.120. The number of hydrogen-bond acceptors (Lipinski definition) is 7. The molecule has 4 rings (SSSR count). The summed E-state index contributed by atoms with van der Waals surface area (Å²) in [4.78, 5) is 19.9. The van der Waals surface area contributed by atoms with Crippen molar-refractivity contribution in [3.05, 3.63) is 53.4 Å². The highest BCUT2D eigenvalue weighted by atomic mass is 32.2. The number of rotatable bonds is 8. The monoisotopic (exact) mass is 531 g/mol. The summed E-state index contributed by atoms with van der Waals surface area (Å²) in [6.07, 6.45) is 2.90. The average Bonchev–Trinajstić information content (AvgIpc) is 3.24. The predicted octanol–water partition coefficient (Wildman–Crippen LogP) is 5.28. The third-order valence-electron chi connectivity index (χ3n) is 5.99. The second-order valence-corrected chi connectivity index (χ2v) is 12.2. The summed E-state index contributed by atoms with van der Waals surface area (Å²) in [5.74, 6) is 0.444. The molecule has 1 fully saturated rings. The fourth-order valence-corrected chi connectivity index (χ4v) is 6.77. The molecule has 186 valence electrons. The molecule has 0 bridgehead atoms. The van der Waals surface area contributed by atoms with E-state index in [-0.39, 0.29) is 11.8 Å². The molecule has 7 nitrogen and oxygen atoms in total. The Bertz CT molecular complexity index is 1260. The van der Waals surface area contributed by atoms with Crippen LogP contribution in [0.15, 0.2) is 58.3 Å². The number of hydrogen-bond donors (Lipinski definition) is 1. The van der Waals surface area contributed by atoms with Crippen LogP contribution in [0.5, 0.6) is 5.75 Å². The van der Waals surface area contributed by atoms with Gasteiger partial charge in [0.05, 0.1) is 17.2 Å². The molecule has 0 unspecified atom stereocenters. The first kappa shape index (κ1) is 25.7. The number of nitrogens with zero attached hydrogens (tertiary/aromatic N) is 2. The maximum atomic E-state index is 13.0. The molecular formula is C25H29N3O4S3. The van der Waals surface area contributed by atoms with Gasteiger partial charge in [0, 0.05) is 34.3 Å². The van der Waals surface area contributed by atoms with E-state index in [0.29, 0.717) is 42.6 Å². The molecule has 0 radical (unpaired) electrons. The lowest BCUT2D eigenvalue weighted by atomic mass is 9.97. The van der Waals surface area contributed by atoms with Crippen LogP contribution in [0.2, 0.25) is 0 Å². The van der Waals surface area contributed by atoms with Crippen LogP contribution in [0.25, 0.3) is 11.3 Å². The number of nitrogens with one attached hydrogen (secondary N) is 1. The maximum Gasteiger partial charge on any atom is 0.243 e. The van der Waals surface area contributed by atoms with Crippen LogP contribution in [0, 0.1) is 12.8 Å². The Morgan fingerprint density at radius 2 is 1.80 bits per heavy atom. The van der Waals surface area contributed by atoms with E-state index in [2.05, 4.69) is 10.3 Å². The standard InChI is InChI=1S/C25H29N3O4S3/c1-4-32-20-7-5-18(6-8-20)23-17(2)34-25(26-23)27-24(29)19-13-15-28(16-14-19)35(30,31)22-11-9-21(33-3)10-12-22/h5-12,19H,4,13-16H2,1-3H3,(H,26,27,29). The minimum atomic E-state index is -3.56. The molecule has 10 heteroatoms. The summed E-state index contributed by atoms with van der Waals surface area (Å²) in [7, 11) is -3.56. The van der Waals surface area contributed by atoms with Crippen LogP contribution in [0.4, 0.5) is 5.13 Å². The van der Waals surface area contributed by atoms with Gasteiger partial charge in [0.1, 0.15) is 5.75 Å². The van der Waals surface area contributed by atoms with E-state index in [1.54, 1.807) is 23.9 Å². The molecule has 1 aliphatic rings. The van der Waals surface area contributed by atoms with E-state index in [1.165, 1.54) is 15.6 Å². The normalized spacial score (nSPS) is 15.2. The zero-order chi connectivity index (χ0) is 25.0. The van der Waals surface area contributed by atoms with E-state index < -0.39 is 10.0 Å². The van der Waals surface area contributed by atoms with Gasteiger partial charge in [-0.25, -0.2) is 13.4 Å². The molecule has 0 atom stereocenters. The second kappa shape index (κ2) is 11.1. The first-order chi connectivity index (χ1) is 16.8. The molecule has 1 saturated heterocycles. The third-order valence-corrected chi connectivity index (χ3v) is 9.53. The summed E-state index contributed by atoms with van der Waals surface area (Å²) < 4.78 is 33.0. The predicted molar refractivity (Wildman–Crippen MR) is 142 cm³/mol. The number of benzene rings is 2. The highest BCUT2D eigenvalue weighted by Crippen LogP contribution is 2.32. The number of sulfonamides is 1. The number of amides is 1. The van der Waals surface area contributed by atoms with Crippen molar-refractivity contribution in [2.45, 2.75) is 36.5 Å². The fourth-order valence-electron chi connectivity index (χ4n) is 4.06. The quantitative estimate of drug-likeness (QED) is 0.398. The van der Waals surface area contributed by atoms with Gasteiger partial charge in [0.15, 0.2) is 5.13 Å². The fraction of sp³-hybridized carbons (Fsp3) is 0.360. The topological polar surface area (TPSA) is 88.6 Å². The van der Waals surface area contributed by atoms with Crippen molar-refractivity contribution in [3.63, 3.8) is 0 Å². The first-order valence-corrected chi connectivity index (χ1v) is 15.0. The Morgan fingerprint density at radius 3 is 2.40 bits per heavy atom. The van der Waals surface area contributed by atoms with Crippen molar-refractivity contribution in [2.24, 2.45) is 5.92 Å². The molecule has 2 aromatic carbocycles. The summed E-state index contributed by atoms with van der Waals surface area (Å²) in [5, 5.41) is 3.50. The van der Waals surface area contributed by atoms with Gasteiger partial charge in [-0.3, -0.25) is 4.79 Å². The molecule has 2 heterocycles. The van der Waals surface area contributed by atoms with E-state index in [9.17, 15) is 13.2 Å². The van der Waals surface area contributed by atoms with Crippen LogP contribution in [0.3, 0.4) is 0 Å². The van der Waals surface area contributed by atoms with Gasteiger partial charge in [0.25, 0.3) is 0 Å². The molecule has 0 spiro atoms. The van der Waals surface area contributed by atoms with Crippen molar-refractivity contribution >= 4 is 44.2 Å². The molecule has 3 aromatic rings. The lowest BCUT2D eigenvalue weighted by Gasteiger charge is -2.30. The summed E-state index contributed by atoms with van der Waals surface area (Å²) in [6.45, 7) is 5.17. The number of carbonyl (C=O) groups is 1. The number of carbonyl (C=O) groups excluding carboxylic acids is 1.